The van der Waals surface area contributed by atoms with Crippen LogP contribution in [-0.4, -0.2) is 36.9 Å². The Morgan fingerprint density at radius 3 is 2.94 bits per heavy atom. The Morgan fingerprint density at radius 1 is 1.56 bits per heavy atom. The van der Waals surface area contributed by atoms with Crippen molar-refractivity contribution >= 4 is 23.4 Å². The van der Waals surface area contributed by atoms with Crippen LogP contribution in [0.15, 0.2) is 24.3 Å². The molecule has 96 valence electrons. The Labute approximate surface area is 104 Å². The number of carbonyl (C=O) groups is 2. The first-order chi connectivity index (χ1) is 8.60. The van der Waals surface area contributed by atoms with Crippen molar-refractivity contribution in [1.29, 1.82) is 0 Å². The average Bonchev–Trinajstić information content (AvgIpc) is 2.68. The van der Waals surface area contributed by atoms with Gasteiger partial charge in [0.1, 0.15) is 0 Å². The van der Waals surface area contributed by atoms with Gasteiger partial charge >= 0.3 is 6.09 Å². The number of anilines is 2. The van der Waals surface area contributed by atoms with Gasteiger partial charge in [0.05, 0.1) is 26.2 Å². The Balaban J connectivity index is 2.17. The number of β-amino-alcohol motifs (C(OH)–C–C–N with tert-alkyl or cyclic N) is 1. The number of aliphatic hydroxyl groups is 1. The second kappa shape index (κ2) is 5.05. The highest BCUT2D eigenvalue weighted by molar-refractivity contribution is 5.97. The summed E-state index contributed by atoms with van der Waals surface area (Å²) in [7, 11) is 1.28. The summed E-state index contributed by atoms with van der Waals surface area (Å²) in [5.74, 6) is -0.127. The van der Waals surface area contributed by atoms with Crippen molar-refractivity contribution in [2.24, 2.45) is 0 Å². The molecule has 18 heavy (non-hydrogen) atoms. The number of rotatable bonds is 2. The minimum atomic E-state index is -0.630. The topological polar surface area (TPSA) is 78.9 Å². The van der Waals surface area contributed by atoms with E-state index in [-0.39, 0.29) is 18.9 Å². The highest BCUT2D eigenvalue weighted by atomic mass is 16.5. The van der Waals surface area contributed by atoms with Crippen LogP contribution < -0.4 is 10.2 Å². The van der Waals surface area contributed by atoms with Crippen molar-refractivity contribution in [3.05, 3.63) is 24.3 Å². The number of ether oxygens (including phenoxy) is 1. The van der Waals surface area contributed by atoms with E-state index >= 15 is 0 Å². The maximum absolute atomic E-state index is 11.6. The normalized spacial score (nSPS) is 18.9. The Hall–Kier alpha value is -2.08. The van der Waals surface area contributed by atoms with Crippen LogP contribution in [0.5, 0.6) is 0 Å². The second-order valence-electron chi connectivity index (χ2n) is 4.03. The van der Waals surface area contributed by atoms with E-state index in [0.29, 0.717) is 11.4 Å². The fourth-order valence-electron chi connectivity index (χ4n) is 1.86. The number of hydrogen-bond donors (Lipinski definition) is 2. The number of nitrogens with one attached hydrogen (secondary N) is 1. The van der Waals surface area contributed by atoms with Crippen LogP contribution >= 0.6 is 0 Å². The summed E-state index contributed by atoms with van der Waals surface area (Å²) in [6, 6.07) is 6.82. The molecule has 0 spiro atoms. The number of carbonyl (C=O) groups excluding carboxylic acids is 2. The Bertz CT molecular complexity index is 475. The summed E-state index contributed by atoms with van der Waals surface area (Å²) in [6.07, 6.45) is -1.07. The lowest BCUT2D eigenvalue weighted by Crippen LogP contribution is -2.25. The summed E-state index contributed by atoms with van der Waals surface area (Å²) in [5, 5.41) is 12.0. The van der Waals surface area contributed by atoms with Crippen LogP contribution in [0.3, 0.4) is 0 Å². The zero-order valence-electron chi connectivity index (χ0n) is 9.92. The van der Waals surface area contributed by atoms with Crippen molar-refractivity contribution in [3.8, 4) is 0 Å². The predicted octanol–water partition coefficient (Wildman–Crippen LogP) is 0.962. The molecule has 1 atom stereocenters. The van der Waals surface area contributed by atoms with Crippen LogP contribution in [0, 0.1) is 0 Å². The van der Waals surface area contributed by atoms with Crippen molar-refractivity contribution in [3.63, 3.8) is 0 Å². The zero-order chi connectivity index (χ0) is 13.1. The molecule has 2 N–H and O–H groups in total. The standard InChI is InChI=1S/C12H14N2O4/c1-18-12(17)13-8-3-2-4-9(5-8)14-7-10(15)6-11(14)16/h2-5,10,15H,6-7H2,1H3,(H,13,17). The molecule has 0 aromatic heterocycles. The van der Waals surface area contributed by atoms with Crippen LogP contribution in [0.25, 0.3) is 0 Å². The fourth-order valence-corrected chi connectivity index (χ4v) is 1.86. The number of nitrogens with zero attached hydrogens (tertiary/aromatic N) is 1. The van der Waals surface area contributed by atoms with E-state index in [1.807, 2.05) is 0 Å². The third-order valence-electron chi connectivity index (χ3n) is 2.69. The molecule has 2 rings (SSSR count). The molecule has 0 aliphatic carbocycles. The molecule has 6 heteroatoms. The number of amides is 2. The first kappa shape index (κ1) is 12.4. The molecule has 1 unspecified atom stereocenters. The lowest BCUT2D eigenvalue weighted by molar-refractivity contribution is -0.117. The smallest absolute Gasteiger partial charge is 0.411 e. The van der Waals surface area contributed by atoms with Crippen molar-refractivity contribution in [1.82, 2.24) is 0 Å². The van der Waals surface area contributed by atoms with Crippen molar-refractivity contribution in [2.75, 3.05) is 23.9 Å². The maximum Gasteiger partial charge on any atom is 0.411 e. The predicted molar refractivity (Wildman–Crippen MR) is 65.4 cm³/mol. The van der Waals surface area contributed by atoms with Gasteiger partial charge in [0.25, 0.3) is 0 Å². The number of aliphatic hydroxyl groups excluding tert-OH is 1. The SMILES string of the molecule is COC(=O)Nc1cccc(N2CC(O)CC2=O)c1. The first-order valence-corrected chi connectivity index (χ1v) is 5.53. The monoisotopic (exact) mass is 250 g/mol. The number of benzene rings is 1. The molecule has 1 aromatic carbocycles. The minimum Gasteiger partial charge on any atom is -0.453 e. The molecule has 0 bridgehead atoms. The average molecular weight is 250 g/mol. The second-order valence-corrected chi connectivity index (χ2v) is 4.03. The van der Waals surface area contributed by atoms with Gasteiger partial charge in [0.2, 0.25) is 5.91 Å². The first-order valence-electron chi connectivity index (χ1n) is 5.53. The van der Waals surface area contributed by atoms with Crippen LogP contribution in [0.2, 0.25) is 0 Å². The Morgan fingerprint density at radius 2 is 2.33 bits per heavy atom. The van der Waals surface area contributed by atoms with Crippen LogP contribution in [-0.2, 0) is 9.53 Å². The molecular weight excluding hydrogens is 236 g/mol. The molecule has 1 heterocycles. The summed E-state index contributed by atoms with van der Waals surface area (Å²) >= 11 is 0. The molecule has 1 aromatic rings. The van der Waals surface area contributed by atoms with E-state index in [2.05, 4.69) is 10.1 Å². The maximum atomic E-state index is 11.6. The molecule has 0 saturated carbocycles. The van der Waals surface area contributed by atoms with Gasteiger partial charge in [0, 0.05) is 11.4 Å². The lowest BCUT2D eigenvalue weighted by Gasteiger charge is -2.16. The minimum absolute atomic E-state index is 0.127. The van der Waals surface area contributed by atoms with E-state index in [0.717, 1.165) is 0 Å². The molecule has 6 nitrogen and oxygen atoms in total. The van der Waals surface area contributed by atoms with E-state index in [4.69, 9.17) is 0 Å². The third-order valence-corrected chi connectivity index (χ3v) is 2.69. The molecule has 1 aliphatic heterocycles. The third kappa shape index (κ3) is 2.60. The van der Waals surface area contributed by atoms with Crippen LogP contribution in [0.4, 0.5) is 16.2 Å². The van der Waals surface area contributed by atoms with Crippen molar-refractivity contribution < 1.29 is 19.4 Å². The lowest BCUT2D eigenvalue weighted by atomic mass is 10.2. The van der Waals surface area contributed by atoms with Gasteiger partial charge in [-0.25, -0.2) is 4.79 Å². The highest BCUT2D eigenvalue weighted by Crippen LogP contribution is 2.24. The molecule has 2 amide bonds. The molecule has 1 saturated heterocycles. The van der Waals surface area contributed by atoms with E-state index in [1.54, 1.807) is 24.3 Å². The van der Waals surface area contributed by atoms with Gasteiger partial charge in [-0.15, -0.1) is 0 Å². The zero-order valence-corrected chi connectivity index (χ0v) is 9.92. The van der Waals surface area contributed by atoms with Gasteiger partial charge in [0.15, 0.2) is 0 Å². The van der Waals surface area contributed by atoms with Crippen LogP contribution in [0.1, 0.15) is 6.42 Å². The van der Waals surface area contributed by atoms with Gasteiger partial charge < -0.3 is 14.7 Å². The Kier molecular flexibility index (Phi) is 3.47. The van der Waals surface area contributed by atoms with Gasteiger partial charge in [-0.05, 0) is 18.2 Å². The van der Waals surface area contributed by atoms with Gasteiger partial charge in [-0.3, -0.25) is 10.1 Å². The van der Waals surface area contributed by atoms with Gasteiger partial charge in [-0.1, -0.05) is 6.07 Å². The fraction of sp³-hybridized carbons (Fsp3) is 0.333. The van der Waals surface area contributed by atoms with Gasteiger partial charge in [-0.2, -0.15) is 0 Å². The quantitative estimate of drug-likeness (QED) is 0.819. The number of hydrogen-bond acceptors (Lipinski definition) is 4. The van der Waals surface area contributed by atoms with Crippen molar-refractivity contribution in [2.45, 2.75) is 12.5 Å². The molecule has 1 fully saturated rings. The molecule has 1 aliphatic rings. The van der Waals surface area contributed by atoms with E-state index < -0.39 is 12.2 Å². The largest absolute Gasteiger partial charge is 0.453 e. The number of methoxy groups -OCH3 is 1. The highest BCUT2D eigenvalue weighted by Gasteiger charge is 2.29. The van der Waals surface area contributed by atoms with E-state index in [9.17, 15) is 14.7 Å². The summed E-state index contributed by atoms with van der Waals surface area (Å²) in [6.45, 7) is 0.278. The molecule has 0 radical (unpaired) electrons. The summed E-state index contributed by atoms with van der Waals surface area (Å²) in [4.78, 5) is 24.2. The molecular formula is C12H14N2O4. The van der Waals surface area contributed by atoms with E-state index in [1.165, 1.54) is 12.0 Å². The summed E-state index contributed by atoms with van der Waals surface area (Å²) < 4.78 is 4.49. The summed E-state index contributed by atoms with van der Waals surface area (Å²) in [5.41, 5.74) is 1.18.